The lowest BCUT2D eigenvalue weighted by atomic mass is 10.1. The van der Waals surface area contributed by atoms with Crippen molar-refractivity contribution in [3.8, 4) is 0 Å². The quantitative estimate of drug-likeness (QED) is 0.618. The van der Waals surface area contributed by atoms with Crippen molar-refractivity contribution in [2.24, 2.45) is 23.7 Å². The standard InChI is InChI=1S/C24H52N4/c1-21(2)17-25-9-11-26(18-22(3)4)13-15-28(20-24(7)8)16-14-27(12-10-25)19-23(5)6/h21-24H,9-20H2,1-8H3. The van der Waals surface area contributed by atoms with Crippen molar-refractivity contribution >= 4 is 0 Å². The van der Waals surface area contributed by atoms with Crippen molar-refractivity contribution in [1.82, 2.24) is 19.6 Å². The Balaban J connectivity index is 2.85. The van der Waals surface area contributed by atoms with Crippen molar-refractivity contribution in [1.29, 1.82) is 0 Å². The summed E-state index contributed by atoms with van der Waals surface area (Å²) in [5.74, 6) is 2.97. The Bertz CT molecular complexity index is 293. The van der Waals surface area contributed by atoms with Gasteiger partial charge in [0, 0.05) is 78.5 Å². The van der Waals surface area contributed by atoms with Gasteiger partial charge in [-0.05, 0) is 23.7 Å². The lowest BCUT2D eigenvalue weighted by Crippen LogP contribution is -2.48. The first kappa shape index (κ1) is 25.9. The molecule has 28 heavy (non-hydrogen) atoms. The van der Waals surface area contributed by atoms with Crippen LogP contribution in [0.4, 0.5) is 0 Å². The van der Waals surface area contributed by atoms with Gasteiger partial charge in [0.15, 0.2) is 0 Å². The van der Waals surface area contributed by atoms with Gasteiger partial charge in [0.05, 0.1) is 0 Å². The monoisotopic (exact) mass is 396 g/mol. The van der Waals surface area contributed by atoms with E-state index < -0.39 is 0 Å². The molecule has 0 unspecified atom stereocenters. The molecule has 0 aromatic rings. The SMILES string of the molecule is CC(C)CN1CCN(CC(C)C)CCN(CC(C)C)CCN(CC(C)C)CC1. The first-order valence-electron chi connectivity index (χ1n) is 12.0. The van der Waals surface area contributed by atoms with E-state index in [0.717, 1.165) is 23.7 Å². The minimum Gasteiger partial charge on any atom is -0.301 e. The number of hydrogen-bond acceptors (Lipinski definition) is 4. The molecule has 1 saturated heterocycles. The molecular weight excluding hydrogens is 344 g/mol. The maximum absolute atomic E-state index is 2.72. The van der Waals surface area contributed by atoms with E-state index in [9.17, 15) is 0 Å². The van der Waals surface area contributed by atoms with E-state index in [0.29, 0.717) is 0 Å². The van der Waals surface area contributed by atoms with Crippen LogP contribution in [-0.2, 0) is 0 Å². The van der Waals surface area contributed by atoms with E-state index >= 15 is 0 Å². The Morgan fingerprint density at radius 1 is 0.357 bits per heavy atom. The Hall–Kier alpha value is -0.160. The number of hydrogen-bond donors (Lipinski definition) is 0. The summed E-state index contributed by atoms with van der Waals surface area (Å²) in [6.07, 6.45) is 0. The fourth-order valence-corrected chi connectivity index (χ4v) is 4.37. The zero-order chi connectivity index (χ0) is 21.1. The fourth-order valence-electron chi connectivity index (χ4n) is 4.37. The Labute approximate surface area is 177 Å². The molecule has 0 spiro atoms. The molecule has 0 aromatic heterocycles. The normalized spacial score (nSPS) is 21.0. The van der Waals surface area contributed by atoms with Crippen LogP contribution in [-0.4, -0.2) is 98.1 Å². The molecule has 1 fully saturated rings. The van der Waals surface area contributed by atoms with Gasteiger partial charge in [-0.3, -0.25) is 0 Å². The largest absolute Gasteiger partial charge is 0.301 e. The molecule has 168 valence electrons. The van der Waals surface area contributed by atoms with Crippen LogP contribution in [0.25, 0.3) is 0 Å². The molecular formula is C24H52N4. The third-order valence-corrected chi connectivity index (χ3v) is 5.42. The summed E-state index contributed by atoms with van der Waals surface area (Å²) in [6, 6.07) is 0. The molecule has 1 rings (SSSR count). The molecule has 0 N–H and O–H groups in total. The average Bonchev–Trinajstić information content (AvgIpc) is 2.55. The first-order valence-corrected chi connectivity index (χ1v) is 12.0. The van der Waals surface area contributed by atoms with Crippen LogP contribution in [0.1, 0.15) is 55.4 Å². The third kappa shape index (κ3) is 12.4. The summed E-state index contributed by atoms with van der Waals surface area (Å²) in [5, 5.41) is 0. The van der Waals surface area contributed by atoms with Gasteiger partial charge in [0.25, 0.3) is 0 Å². The molecule has 0 radical (unpaired) electrons. The lowest BCUT2D eigenvalue weighted by Gasteiger charge is -2.36. The molecule has 1 aliphatic heterocycles. The van der Waals surface area contributed by atoms with E-state index in [-0.39, 0.29) is 0 Å². The minimum atomic E-state index is 0.742. The second-order valence-electron chi connectivity index (χ2n) is 10.8. The van der Waals surface area contributed by atoms with Gasteiger partial charge in [0.1, 0.15) is 0 Å². The molecule has 0 atom stereocenters. The van der Waals surface area contributed by atoms with Crippen LogP contribution >= 0.6 is 0 Å². The van der Waals surface area contributed by atoms with E-state index in [2.05, 4.69) is 75.0 Å². The third-order valence-electron chi connectivity index (χ3n) is 5.42. The summed E-state index contributed by atoms with van der Waals surface area (Å²) < 4.78 is 0. The summed E-state index contributed by atoms with van der Waals surface area (Å²) >= 11 is 0. The van der Waals surface area contributed by atoms with E-state index in [1.807, 2.05) is 0 Å². The average molecular weight is 397 g/mol. The topological polar surface area (TPSA) is 13.0 Å². The second-order valence-corrected chi connectivity index (χ2v) is 10.8. The van der Waals surface area contributed by atoms with E-state index in [4.69, 9.17) is 0 Å². The van der Waals surface area contributed by atoms with Crippen LogP contribution in [0.15, 0.2) is 0 Å². The molecule has 0 saturated carbocycles. The Kier molecular flexibility index (Phi) is 12.9. The van der Waals surface area contributed by atoms with Crippen molar-refractivity contribution in [2.45, 2.75) is 55.4 Å². The van der Waals surface area contributed by atoms with Crippen LogP contribution in [0.3, 0.4) is 0 Å². The highest BCUT2D eigenvalue weighted by Crippen LogP contribution is 2.08. The summed E-state index contributed by atoms with van der Waals surface area (Å²) in [5.41, 5.74) is 0. The lowest BCUT2D eigenvalue weighted by molar-refractivity contribution is 0.113. The Morgan fingerprint density at radius 3 is 0.607 bits per heavy atom. The summed E-state index contributed by atoms with van der Waals surface area (Å²) in [6.45, 7) is 33.5. The molecule has 4 heteroatoms. The van der Waals surface area contributed by atoms with Crippen molar-refractivity contribution in [2.75, 3.05) is 78.5 Å². The predicted molar refractivity (Wildman–Crippen MR) is 125 cm³/mol. The van der Waals surface area contributed by atoms with Crippen LogP contribution in [0, 0.1) is 23.7 Å². The van der Waals surface area contributed by atoms with Gasteiger partial charge < -0.3 is 19.6 Å². The summed E-state index contributed by atoms with van der Waals surface area (Å²) in [7, 11) is 0. The first-order chi connectivity index (χ1) is 13.2. The number of rotatable bonds is 8. The van der Waals surface area contributed by atoms with Gasteiger partial charge >= 0.3 is 0 Å². The molecule has 4 nitrogen and oxygen atoms in total. The molecule has 0 amide bonds. The zero-order valence-corrected chi connectivity index (χ0v) is 20.6. The van der Waals surface area contributed by atoms with Crippen molar-refractivity contribution < 1.29 is 0 Å². The highest BCUT2D eigenvalue weighted by Gasteiger charge is 2.18. The maximum Gasteiger partial charge on any atom is 0.0110 e. The highest BCUT2D eigenvalue weighted by atomic mass is 15.3. The fraction of sp³-hybridized carbons (Fsp3) is 1.00. The second kappa shape index (κ2) is 14.0. The Morgan fingerprint density at radius 2 is 0.500 bits per heavy atom. The van der Waals surface area contributed by atoms with Gasteiger partial charge in [-0.2, -0.15) is 0 Å². The van der Waals surface area contributed by atoms with Crippen LogP contribution in [0.5, 0.6) is 0 Å². The summed E-state index contributed by atoms with van der Waals surface area (Å²) in [4.78, 5) is 10.9. The van der Waals surface area contributed by atoms with Gasteiger partial charge in [-0.1, -0.05) is 55.4 Å². The van der Waals surface area contributed by atoms with Crippen molar-refractivity contribution in [3.05, 3.63) is 0 Å². The smallest absolute Gasteiger partial charge is 0.0110 e. The van der Waals surface area contributed by atoms with Crippen LogP contribution < -0.4 is 0 Å². The van der Waals surface area contributed by atoms with Crippen LogP contribution in [0.2, 0.25) is 0 Å². The molecule has 1 heterocycles. The maximum atomic E-state index is 2.72. The van der Waals surface area contributed by atoms with Gasteiger partial charge in [-0.25, -0.2) is 0 Å². The molecule has 0 bridgehead atoms. The zero-order valence-electron chi connectivity index (χ0n) is 20.6. The molecule has 0 aliphatic carbocycles. The van der Waals surface area contributed by atoms with Gasteiger partial charge in [0.2, 0.25) is 0 Å². The van der Waals surface area contributed by atoms with Gasteiger partial charge in [-0.15, -0.1) is 0 Å². The highest BCUT2D eigenvalue weighted by molar-refractivity contribution is 4.74. The predicted octanol–water partition coefficient (Wildman–Crippen LogP) is 3.83. The minimum absolute atomic E-state index is 0.742. The van der Waals surface area contributed by atoms with Crippen molar-refractivity contribution in [3.63, 3.8) is 0 Å². The van der Waals surface area contributed by atoms with E-state index in [1.54, 1.807) is 0 Å². The molecule has 1 aliphatic rings. The molecule has 0 aromatic carbocycles. The number of nitrogens with zero attached hydrogens (tertiary/aromatic N) is 4. The van der Waals surface area contributed by atoms with E-state index in [1.165, 1.54) is 78.5 Å².